The van der Waals surface area contributed by atoms with Gasteiger partial charge in [-0.1, -0.05) is 13.0 Å². The zero-order valence-electron chi connectivity index (χ0n) is 14.6. The normalized spacial score (nSPS) is 13.7. The number of aliphatic hydroxyl groups excluding tert-OH is 1. The van der Waals surface area contributed by atoms with Crippen LogP contribution in [0.2, 0.25) is 0 Å². The first-order valence-electron chi connectivity index (χ1n) is 8.29. The maximum Gasteiger partial charge on any atom is 0.319 e. The SMILES string of the molecule is CCCn1ccc2ccc(NC(=O)N[C@](C)(CCO)COC)cc21. The molecule has 0 saturated carbocycles. The van der Waals surface area contributed by atoms with Gasteiger partial charge in [-0.3, -0.25) is 0 Å². The van der Waals surface area contributed by atoms with E-state index in [1.807, 2.05) is 25.1 Å². The van der Waals surface area contributed by atoms with Gasteiger partial charge in [0.1, 0.15) is 0 Å². The Morgan fingerprint density at radius 2 is 2.17 bits per heavy atom. The van der Waals surface area contributed by atoms with Crippen LogP contribution in [0.5, 0.6) is 0 Å². The van der Waals surface area contributed by atoms with Crippen molar-refractivity contribution in [3.05, 3.63) is 30.5 Å². The molecule has 1 aromatic heterocycles. The highest BCUT2D eigenvalue weighted by Crippen LogP contribution is 2.21. The van der Waals surface area contributed by atoms with E-state index >= 15 is 0 Å². The number of aliphatic hydroxyl groups is 1. The summed E-state index contributed by atoms with van der Waals surface area (Å²) in [5, 5.41) is 16.1. The van der Waals surface area contributed by atoms with Crippen LogP contribution in [-0.2, 0) is 11.3 Å². The van der Waals surface area contributed by atoms with Gasteiger partial charge in [0.25, 0.3) is 0 Å². The highest BCUT2D eigenvalue weighted by molar-refractivity contribution is 5.93. The second kappa shape index (κ2) is 8.17. The minimum atomic E-state index is -0.611. The van der Waals surface area contributed by atoms with Crippen molar-refractivity contribution >= 4 is 22.6 Å². The lowest BCUT2D eigenvalue weighted by molar-refractivity contribution is 0.104. The minimum Gasteiger partial charge on any atom is -0.396 e. The molecule has 2 amide bonds. The van der Waals surface area contributed by atoms with E-state index in [-0.39, 0.29) is 12.6 Å². The predicted molar refractivity (Wildman–Crippen MR) is 96.4 cm³/mol. The summed E-state index contributed by atoms with van der Waals surface area (Å²) in [6, 6.07) is 7.63. The molecule has 6 nitrogen and oxygen atoms in total. The number of nitrogens with one attached hydrogen (secondary N) is 2. The molecule has 1 heterocycles. The summed E-state index contributed by atoms with van der Waals surface area (Å²) in [6.45, 7) is 5.25. The number of hydrogen-bond donors (Lipinski definition) is 3. The van der Waals surface area contributed by atoms with E-state index in [9.17, 15) is 9.90 Å². The number of rotatable bonds is 8. The molecule has 0 aliphatic carbocycles. The van der Waals surface area contributed by atoms with Crippen LogP contribution in [0.1, 0.15) is 26.7 Å². The molecule has 0 aliphatic heterocycles. The number of ether oxygens (including phenoxy) is 1. The molecule has 0 spiro atoms. The number of benzene rings is 1. The van der Waals surface area contributed by atoms with Crippen LogP contribution < -0.4 is 10.6 Å². The third-order valence-electron chi connectivity index (χ3n) is 4.04. The van der Waals surface area contributed by atoms with Gasteiger partial charge < -0.3 is 25.0 Å². The zero-order chi connectivity index (χ0) is 17.6. The van der Waals surface area contributed by atoms with Crippen molar-refractivity contribution in [1.82, 2.24) is 9.88 Å². The van der Waals surface area contributed by atoms with Gasteiger partial charge in [0.15, 0.2) is 0 Å². The fraction of sp³-hybridized carbons (Fsp3) is 0.500. The maximum atomic E-state index is 12.3. The number of nitrogens with zero attached hydrogens (tertiary/aromatic N) is 1. The number of anilines is 1. The lowest BCUT2D eigenvalue weighted by Crippen LogP contribution is -2.51. The van der Waals surface area contributed by atoms with E-state index in [4.69, 9.17) is 4.74 Å². The van der Waals surface area contributed by atoms with Gasteiger partial charge in [-0.2, -0.15) is 0 Å². The van der Waals surface area contributed by atoms with Crippen molar-refractivity contribution in [2.24, 2.45) is 0 Å². The standard InChI is InChI=1S/C18H27N3O3/c1-4-9-21-10-7-14-5-6-15(12-16(14)21)19-17(23)20-18(2,8-11-22)13-24-3/h5-7,10,12,22H,4,8-9,11,13H2,1-3H3,(H2,19,20,23)/t18-/m1/s1. The fourth-order valence-corrected chi connectivity index (χ4v) is 2.87. The number of hydrogen-bond acceptors (Lipinski definition) is 3. The van der Waals surface area contributed by atoms with E-state index in [0.717, 1.165) is 29.6 Å². The Bertz CT molecular complexity index is 675. The molecular weight excluding hydrogens is 306 g/mol. The van der Waals surface area contributed by atoms with Crippen molar-refractivity contribution in [2.45, 2.75) is 38.8 Å². The molecule has 6 heteroatoms. The monoisotopic (exact) mass is 333 g/mol. The maximum absolute atomic E-state index is 12.3. The molecule has 0 radical (unpaired) electrons. The highest BCUT2D eigenvalue weighted by atomic mass is 16.5. The van der Waals surface area contributed by atoms with Crippen LogP contribution in [0, 0.1) is 0 Å². The first-order valence-corrected chi connectivity index (χ1v) is 8.29. The van der Waals surface area contributed by atoms with Gasteiger partial charge >= 0.3 is 6.03 Å². The van der Waals surface area contributed by atoms with E-state index in [1.165, 1.54) is 0 Å². The van der Waals surface area contributed by atoms with E-state index < -0.39 is 5.54 Å². The van der Waals surface area contributed by atoms with Crippen molar-refractivity contribution in [3.8, 4) is 0 Å². The third kappa shape index (κ3) is 4.49. The average molecular weight is 333 g/mol. The Kier molecular flexibility index (Phi) is 6.23. The molecule has 1 atom stereocenters. The summed E-state index contributed by atoms with van der Waals surface area (Å²) in [6.07, 6.45) is 3.54. The first kappa shape index (κ1) is 18.3. The third-order valence-corrected chi connectivity index (χ3v) is 4.04. The number of urea groups is 1. The van der Waals surface area contributed by atoms with Crippen molar-refractivity contribution in [1.29, 1.82) is 0 Å². The number of amides is 2. The molecule has 0 aliphatic rings. The lowest BCUT2D eigenvalue weighted by atomic mass is 10.00. The van der Waals surface area contributed by atoms with Crippen LogP contribution in [0.4, 0.5) is 10.5 Å². The van der Waals surface area contributed by atoms with Crippen LogP contribution in [0.25, 0.3) is 10.9 Å². The van der Waals surface area contributed by atoms with Crippen molar-refractivity contribution < 1.29 is 14.6 Å². The molecule has 0 fully saturated rings. The number of fused-ring (bicyclic) bond motifs is 1. The average Bonchev–Trinajstić information content (AvgIpc) is 2.90. The van der Waals surface area contributed by atoms with Crippen LogP contribution in [0.15, 0.2) is 30.5 Å². The highest BCUT2D eigenvalue weighted by Gasteiger charge is 2.26. The Morgan fingerprint density at radius 3 is 2.83 bits per heavy atom. The smallest absolute Gasteiger partial charge is 0.319 e. The van der Waals surface area contributed by atoms with Gasteiger partial charge in [0, 0.05) is 32.1 Å². The molecular formula is C18H27N3O3. The Labute approximate surface area is 142 Å². The molecule has 2 rings (SSSR count). The van der Waals surface area contributed by atoms with E-state index in [0.29, 0.717) is 13.0 Å². The summed E-state index contributed by atoms with van der Waals surface area (Å²) < 4.78 is 7.32. The largest absolute Gasteiger partial charge is 0.396 e. The molecule has 132 valence electrons. The van der Waals surface area contributed by atoms with Gasteiger partial charge in [-0.25, -0.2) is 4.79 Å². The summed E-state index contributed by atoms with van der Waals surface area (Å²) >= 11 is 0. The molecule has 2 aromatic rings. The molecule has 3 N–H and O–H groups in total. The molecule has 0 unspecified atom stereocenters. The molecule has 0 bridgehead atoms. The van der Waals surface area contributed by atoms with Gasteiger partial charge in [-0.15, -0.1) is 0 Å². The quantitative estimate of drug-likeness (QED) is 0.695. The second-order valence-electron chi connectivity index (χ2n) is 6.33. The Hall–Kier alpha value is -2.05. The van der Waals surface area contributed by atoms with E-state index in [1.54, 1.807) is 7.11 Å². The van der Waals surface area contributed by atoms with Crippen LogP contribution >= 0.6 is 0 Å². The summed E-state index contributed by atoms with van der Waals surface area (Å²) in [7, 11) is 1.57. The molecule has 24 heavy (non-hydrogen) atoms. The second-order valence-corrected chi connectivity index (χ2v) is 6.33. The van der Waals surface area contributed by atoms with Crippen molar-refractivity contribution in [3.63, 3.8) is 0 Å². The van der Waals surface area contributed by atoms with Crippen molar-refractivity contribution in [2.75, 3.05) is 25.6 Å². The lowest BCUT2D eigenvalue weighted by Gasteiger charge is -2.29. The minimum absolute atomic E-state index is 0.0172. The number of aromatic nitrogens is 1. The van der Waals surface area contributed by atoms with Crippen LogP contribution in [-0.4, -0.2) is 41.6 Å². The summed E-state index contributed by atoms with van der Waals surface area (Å²) in [4.78, 5) is 12.3. The topological polar surface area (TPSA) is 75.5 Å². The zero-order valence-corrected chi connectivity index (χ0v) is 14.6. The number of methoxy groups -OCH3 is 1. The summed E-state index contributed by atoms with van der Waals surface area (Å²) in [5.41, 5.74) is 1.23. The molecule has 0 saturated heterocycles. The Balaban J connectivity index is 2.10. The number of carbonyl (C=O) groups excluding carboxylic acids is 1. The summed E-state index contributed by atoms with van der Waals surface area (Å²) in [5.74, 6) is 0. The van der Waals surface area contributed by atoms with Gasteiger partial charge in [0.2, 0.25) is 0 Å². The Morgan fingerprint density at radius 1 is 1.38 bits per heavy atom. The fourth-order valence-electron chi connectivity index (χ4n) is 2.87. The number of carbonyl (C=O) groups is 1. The number of aryl methyl sites for hydroxylation is 1. The first-order chi connectivity index (χ1) is 11.5. The van der Waals surface area contributed by atoms with Gasteiger partial charge in [-0.05, 0) is 43.4 Å². The van der Waals surface area contributed by atoms with E-state index in [2.05, 4.69) is 34.4 Å². The molecule has 1 aromatic carbocycles. The van der Waals surface area contributed by atoms with Gasteiger partial charge in [0.05, 0.1) is 17.7 Å². The predicted octanol–water partition coefficient (Wildman–Crippen LogP) is 2.96. The van der Waals surface area contributed by atoms with Crippen LogP contribution in [0.3, 0.4) is 0 Å².